The van der Waals surface area contributed by atoms with Gasteiger partial charge in [0.15, 0.2) is 0 Å². The highest BCUT2D eigenvalue weighted by atomic mass is 127. The van der Waals surface area contributed by atoms with Crippen LogP contribution in [0, 0.1) is 10.5 Å². The Hall–Kier alpha value is -1.17. The van der Waals surface area contributed by atoms with Crippen molar-refractivity contribution in [2.45, 2.75) is 6.92 Å². The molecule has 0 bridgehead atoms. The van der Waals surface area contributed by atoms with Crippen LogP contribution in [0.15, 0.2) is 35.3 Å². The molecule has 2 rings (SSSR count). The number of nitrogens with zero attached hydrogens (tertiary/aromatic N) is 1. The number of hydrogen-bond acceptors (Lipinski definition) is 2. The van der Waals surface area contributed by atoms with Gasteiger partial charge in [0, 0.05) is 11.8 Å². The minimum atomic E-state index is -0.0953. The molecule has 1 aromatic heterocycles. The van der Waals surface area contributed by atoms with Crippen LogP contribution in [0.4, 0.5) is 0 Å². The third kappa shape index (κ3) is 2.26. The van der Waals surface area contributed by atoms with E-state index in [1.165, 1.54) is 0 Å². The van der Waals surface area contributed by atoms with Gasteiger partial charge in [0.1, 0.15) is 5.82 Å². The van der Waals surface area contributed by atoms with E-state index in [1.807, 2.05) is 53.8 Å². The van der Waals surface area contributed by atoms with Crippen LogP contribution in [0.2, 0.25) is 0 Å². The number of aromatic nitrogens is 2. The third-order valence-electron chi connectivity index (χ3n) is 2.05. The molecule has 1 N–H and O–H groups in total. The molecule has 15 heavy (non-hydrogen) atoms. The largest absolute Gasteiger partial charge is 0.306 e. The fourth-order valence-corrected chi connectivity index (χ4v) is 1.59. The second kappa shape index (κ2) is 4.14. The molecule has 0 unspecified atom stereocenters. The highest BCUT2D eigenvalue weighted by Gasteiger charge is 2.02. The van der Waals surface area contributed by atoms with Crippen molar-refractivity contribution in [1.82, 2.24) is 9.97 Å². The summed E-state index contributed by atoms with van der Waals surface area (Å²) in [6.45, 7) is 2.01. The lowest BCUT2D eigenvalue weighted by atomic mass is 10.1. The van der Waals surface area contributed by atoms with Gasteiger partial charge in [-0.2, -0.15) is 0 Å². The predicted octanol–water partition coefficient (Wildman–Crippen LogP) is 2.35. The molecule has 0 radical (unpaired) electrons. The van der Waals surface area contributed by atoms with Gasteiger partial charge in [-0.15, -0.1) is 0 Å². The Morgan fingerprint density at radius 2 is 2.20 bits per heavy atom. The Morgan fingerprint density at radius 1 is 1.40 bits per heavy atom. The maximum absolute atomic E-state index is 11.4. The molecule has 0 fully saturated rings. The topological polar surface area (TPSA) is 45.8 Å². The van der Waals surface area contributed by atoms with E-state index in [1.54, 1.807) is 6.20 Å². The van der Waals surface area contributed by atoms with Crippen LogP contribution < -0.4 is 5.56 Å². The smallest absolute Gasteiger partial charge is 0.264 e. The Balaban J connectivity index is 2.55. The molecule has 1 aromatic carbocycles. The van der Waals surface area contributed by atoms with Gasteiger partial charge in [-0.25, -0.2) is 4.98 Å². The van der Waals surface area contributed by atoms with Crippen molar-refractivity contribution < 1.29 is 0 Å². The average Bonchev–Trinajstić information content (AvgIpc) is 2.22. The van der Waals surface area contributed by atoms with E-state index in [2.05, 4.69) is 9.97 Å². The van der Waals surface area contributed by atoms with Crippen LogP contribution in [0.5, 0.6) is 0 Å². The zero-order valence-corrected chi connectivity index (χ0v) is 10.3. The first-order valence-electron chi connectivity index (χ1n) is 4.48. The minimum Gasteiger partial charge on any atom is -0.306 e. The predicted molar refractivity (Wildman–Crippen MR) is 67.7 cm³/mol. The molecule has 0 amide bonds. The number of H-pyrrole nitrogens is 1. The number of aromatic amines is 1. The Morgan fingerprint density at radius 3 is 2.87 bits per heavy atom. The average molecular weight is 312 g/mol. The molecule has 1 heterocycles. The van der Waals surface area contributed by atoms with Gasteiger partial charge in [-0.1, -0.05) is 23.8 Å². The van der Waals surface area contributed by atoms with Gasteiger partial charge in [0.05, 0.1) is 3.57 Å². The molecule has 2 aromatic rings. The molecule has 0 atom stereocenters. The molecule has 0 aliphatic carbocycles. The third-order valence-corrected chi connectivity index (χ3v) is 2.82. The van der Waals surface area contributed by atoms with Crippen molar-refractivity contribution >= 4 is 22.6 Å². The van der Waals surface area contributed by atoms with Crippen molar-refractivity contribution in [3.63, 3.8) is 0 Å². The minimum absolute atomic E-state index is 0.0953. The summed E-state index contributed by atoms with van der Waals surface area (Å²) in [4.78, 5) is 18.3. The standard InChI is InChI=1S/C11H9IN2O/c1-7-3-2-4-8(5-7)10-13-6-9(12)11(15)14-10/h2-6H,1H3,(H,13,14,15). The molecule has 0 aliphatic heterocycles. The summed E-state index contributed by atoms with van der Waals surface area (Å²) in [6.07, 6.45) is 1.58. The van der Waals surface area contributed by atoms with Crippen molar-refractivity contribution in [3.8, 4) is 11.4 Å². The van der Waals surface area contributed by atoms with Gasteiger partial charge in [0.25, 0.3) is 5.56 Å². The molecule has 0 saturated carbocycles. The van der Waals surface area contributed by atoms with E-state index in [0.717, 1.165) is 11.1 Å². The summed E-state index contributed by atoms with van der Waals surface area (Å²) >= 11 is 1.96. The van der Waals surface area contributed by atoms with E-state index in [4.69, 9.17) is 0 Å². The van der Waals surface area contributed by atoms with E-state index in [0.29, 0.717) is 9.39 Å². The van der Waals surface area contributed by atoms with Crippen LogP contribution in [0.3, 0.4) is 0 Å². The summed E-state index contributed by atoms with van der Waals surface area (Å²) in [5.41, 5.74) is 1.99. The summed E-state index contributed by atoms with van der Waals surface area (Å²) in [6, 6.07) is 7.88. The van der Waals surface area contributed by atoms with Crippen LogP contribution >= 0.6 is 22.6 Å². The van der Waals surface area contributed by atoms with Crippen LogP contribution in [0.1, 0.15) is 5.56 Å². The summed E-state index contributed by atoms with van der Waals surface area (Å²) in [7, 11) is 0. The zero-order chi connectivity index (χ0) is 10.8. The molecule has 4 heteroatoms. The van der Waals surface area contributed by atoms with Gasteiger partial charge in [-0.3, -0.25) is 4.79 Å². The van der Waals surface area contributed by atoms with Crippen LogP contribution in [0.25, 0.3) is 11.4 Å². The normalized spacial score (nSPS) is 10.3. The molecular formula is C11H9IN2O. The molecule has 0 aliphatic rings. The first kappa shape index (κ1) is 10.4. The maximum Gasteiger partial charge on any atom is 0.264 e. The molecule has 76 valence electrons. The van der Waals surface area contributed by atoms with E-state index in [9.17, 15) is 4.79 Å². The Bertz CT molecular complexity index is 548. The molecule has 0 spiro atoms. The molecular weight excluding hydrogens is 303 g/mol. The van der Waals surface area contributed by atoms with Gasteiger partial charge < -0.3 is 4.98 Å². The number of benzene rings is 1. The highest BCUT2D eigenvalue weighted by molar-refractivity contribution is 14.1. The Labute approximate surface area is 101 Å². The summed E-state index contributed by atoms with van der Waals surface area (Å²) in [5.74, 6) is 0.615. The molecule has 3 nitrogen and oxygen atoms in total. The van der Waals surface area contributed by atoms with Crippen molar-refractivity contribution in [1.29, 1.82) is 0 Å². The fraction of sp³-hybridized carbons (Fsp3) is 0.0909. The number of rotatable bonds is 1. The zero-order valence-electron chi connectivity index (χ0n) is 8.12. The number of aryl methyl sites for hydroxylation is 1. The maximum atomic E-state index is 11.4. The van der Waals surface area contributed by atoms with Gasteiger partial charge >= 0.3 is 0 Å². The lowest BCUT2D eigenvalue weighted by Crippen LogP contribution is -2.11. The number of nitrogens with one attached hydrogen (secondary N) is 1. The summed E-state index contributed by atoms with van der Waals surface area (Å²) in [5, 5.41) is 0. The summed E-state index contributed by atoms with van der Waals surface area (Å²) < 4.78 is 0.601. The second-order valence-electron chi connectivity index (χ2n) is 3.28. The number of hydrogen-bond donors (Lipinski definition) is 1. The van der Waals surface area contributed by atoms with Crippen LogP contribution in [-0.4, -0.2) is 9.97 Å². The lowest BCUT2D eigenvalue weighted by Gasteiger charge is -2.01. The quantitative estimate of drug-likeness (QED) is 0.822. The van der Waals surface area contributed by atoms with Crippen LogP contribution in [-0.2, 0) is 0 Å². The van der Waals surface area contributed by atoms with Gasteiger partial charge in [-0.05, 0) is 35.6 Å². The van der Waals surface area contributed by atoms with Crippen molar-refractivity contribution in [2.75, 3.05) is 0 Å². The van der Waals surface area contributed by atoms with E-state index < -0.39 is 0 Å². The molecule has 0 saturated heterocycles. The lowest BCUT2D eigenvalue weighted by molar-refractivity contribution is 1.11. The highest BCUT2D eigenvalue weighted by Crippen LogP contribution is 2.14. The number of halogens is 1. The fourth-order valence-electron chi connectivity index (χ4n) is 1.32. The van der Waals surface area contributed by atoms with Crippen molar-refractivity contribution in [2.24, 2.45) is 0 Å². The van der Waals surface area contributed by atoms with E-state index in [-0.39, 0.29) is 5.56 Å². The first-order valence-corrected chi connectivity index (χ1v) is 5.56. The first-order chi connectivity index (χ1) is 7.16. The van der Waals surface area contributed by atoms with E-state index >= 15 is 0 Å². The van der Waals surface area contributed by atoms with Crippen molar-refractivity contribution in [3.05, 3.63) is 49.9 Å². The monoisotopic (exact) mass is 312 g/mol. The Kier molecular flexibility index (Phi) is 2.86. The van der Waals surface area contributed by atoms with Gasteiger partial charge in [0.2, 0.25) is 0 Å². The second-order valence-corrected chi connectivity index (χ2v) is 4.44. The SMILES string of the molecule is Cc1cccc(-c2ncc(I)c(=O)[nH]2)c1.